The molecule has 0 saturated carbocycles. The standard InChI is InChI=1S/C29H23ClF3N3O4.ClH/c30-20-9-5-17(6-10-20)15-34-16-18-7-11-24(22(13-18)28(39)40)36-26-14-19(29(31,32)33)8-12-25(26)35-23-4-2-1-3-21(23)27(37)38;/h1-14,34-36H,15-16H2,(H,37,38)(H,39,40);1H. The fraction of sp³-hybridized carbons (Fsp3) is 0.103. The van der Waals surface area contributed by atoms with Crippen molar-refractivity contribution in [1.82, 2.24) is 0 Å². The number of alkyl halides is 3. The molecule has 0 aliphatic rings. The predicted molar refractivity (Wildman–Crippen MR) is 146 cm³/mol. The Kier molecular flexibility index (Phi) is 10.2. The fourth-order valence-corrected chi connectivity index (χ4v) is 4.16. The third-order valence-electron chi connectivity index (χ3n) is 6.03. The van der Waals surface area contributed by atoms with Crippen molar-refractivity contribution in [2.24, 2.45) is 0 Å². The van der Waals surface area contributed by atoms with Gasteiger partial charge in [-0.2, -0.15) is 13.2 Å². The number of carboxylic acids is 2. The second kappa shape index (κ2) is 13.4. The molecule has 0 fully saturated rings. The van der Waals surface area contributed by atoms with Crippen LogP contribution in [0.15, 0.2) is 84.9 Å². The number of hydrogen-bond acceptors (Lipinski definition) is 4. The highest BCUT2D eigenvalue weighted by molar-refractivity contribution is 6.30. The quantitative estimate of drug-likeness (QED) is 0.189. The number of aromatic carboxylic acids is 2. The van der Waals surface area contributed by atoms with Gasteiger partial charge < -0.3 is 38.6 Å². The largest absolute Gasteiger partial charge is 1.00 e. The second-order valence-electron chi connectivity index (χ2n) is 8.87. The number of rotatable bonds is 10. The molecule has 4 aromatic rings. The minimum absolute atomic E-state index is 0. The summed E-state index contributed by atoms with van der Waals surface area (Å²) >= 11 is 5.91. The van der Waals surface area contributed by atoms with E-state index in [-0.39, 0.29) is 46.3 Å². The van der Waals surface area contributed by atoms with Crippen LogP contribution in [0, 0.1) is 0 Å². The van der Waals surface area contributed by atoms with Crippen LogP contribution < -0.4 is 28.4 Å². The average Bonchev–Trinajstić information content (AvgIpc) is 2.91. The van der Waals surface area contributed by atoms with E-state index >= 15 is 0 Å². The maximum atomic E-state index is 13.5. The Morgan fingerprint density at radius 1 is 0.707 bits per heavy atom. The van der Waals surface area contributed by atoms with E-state index in [1.54, 1.807) is 24.3 Å². The minimum Gasteiger partial charge on any atom is -1.00 e. The molecular formula is C29H24Cl2F3N3O4. The lowest BCUT2D eigenvalue weighted by Gasteiger charge is -2.19. The van der Waals surface area contributed by atoms with Crippen molar-refractivity contribution in [3.63, 3.8) is 0 Å². The van der Waals surface area contributed by atoms with Gasteiger partial charge in [0.2, 0.25) is 0 Å². The molecule has 0 heterocycles. The monoisotopic (exact) mass is 605 g/mol. The third kappa shape index (κ3) is 8.14. The molecule has 0 aliphatic carbocycles. The van der Waals surface area contributed by atoms with Gasteiger partial charge in [-0.3, -0.25) is 0 Å². The van der Waals surface area contributed by atoms with Gasteiger partial charge in [0.15, 0.2) is 0 Å². The van der Waals surface area contributed by atoms with Crippen molar-refractivity contribution in [2.45, 2.75) is 19.3 Å². The predicted octanol–water partition coefficient (Wildman–Crippen LogP) is 3.51. The number of para-hydroxylation sites is 1. The van der Waals surface area contributed by atoms with Crippen LogP contribution in [0.3, 0.4) is 0 Å². The van der Waals surface area contributed by atoms with E-state index in [0.29, 0.717) is 23.7 Å². The van der Waals surface area contributed by atoms with E-state index in [9.17, 15) is 33.0 Å². The summed E-state index contributed by atoms with van der Waals surface area (Å²) < 4.78 is 40.6. The van der Waals surface area contributed by atoms with Crippen LogP contribution in [0.5, 0.6) is 0 Å². The number of halogens is 5. The van der Waals surface area contributed by atoms with Crippen molar-refractivity contribution < 1.29 is 50.7 Å². The van der Waals surface area contributed by atoms with Gasteiger partial charge in [0, 0.05) is 16.1 Å². The molecule has 0 spiro atoms. The number of quaternary nitrogens is 1. The van der Waals surface area contributed by atoms with Crippen LogP contribution >= 0.6 is 11.6 Å². The SMILES string of the molecule is O=C(O)c1ccccc1Nc1ccc(C(F)(F)F)cc1Nc1ccc(C[NH2+]Cc2ccc(Cl)cc2)cc1C(=O)O.[Cl-]. The normalized spacial score (nSPS) is 10.9. The maximum absolute atomic E-state index is 13.5. The zero-order valence-corrected chi connectivity index (χ0v) is 22.7. The van der Waals surface area contributed by atoms with E-state index in [4.69, 9.17) is 11.6 Å². The van der Waals surface area contributed by atoms with Crippen molar-refractivity contribution in [2.75, 3.05) is 10.6 Å². The summed E-state index contributed by atoms with van der Waals surface area (Å²) in [5.74, 6) is -2.49. The topological polar surface area (TPSA) is 115 Å². The number of carboxylic acid groups (broad SMARTS) is 2. The summed E-state index contributed by atoms with van der Waals surface area (Å²) in [6.07, 6.45) is -4.66. The van der Waals surface area contributed by atoms with Crippen molar-refractivity contribution in [3.8, 4) is 0 Å². The first-order chi connectivity index (χ1) is 19.0. The number of hydrogen-bond donors (Lipinski definition) is 5. The zero-order valence-electron chi connectivity index (χ0n) is 21.2. The summed E-state index contributed by atoms with van der Waals surface area (Å²) in [6.45, 7) is 1.10. The Morgan fingerprint density at radius 2 is 1.27 bits per heavy atom. The molecule has 0 radical (unpaired) electrons. The van der Waals surface area contributed by atoms with Gasteiger partial charge in [0.05, 0.1) is 39.4 Å². The molecule has 0 unspecified atom stereocenters. The van der Waals surface area contributed by atoms with Gasteiger partial charge in [-0.05, 0) is 54.6 Å². The Hall–Kier alpha value is -4.25. The summed E-state index contributed by atoms with van der Waals surface area (Å²) in [5, 5.41) is 27.6. The second-order valence-corrected chi connectivity index (χ2v) is 9.30. The van der Waals surface area contributed by atoms with Crippen molar-refractivity contribution in [3.05, 3.63) is 118 Å². The third-order valence-corrected chi connectivity index (χ3v) is 6.28. The zero-order chi connectivity index (χ0) is 28.9. The summed E-state index contributed by atoms with van der Waals surface area (Å²) in [6, 6.07) is 20.8. The summed E-state index contributed by atoms with van der Waals surface area (Å²) in [5.41, 5.74) is 0.830. The Morgan fingerprint density at radius 3 is 1.93 bits per heavy atom. The minimum atomic E-state index is -4.66. The lowest BCUT2D eigenvalue weighted by atomic mass is 10.1. The molecule has 7 nitrogen and oxygen atoms in total. The smallest absolute Gasteiger partial charge is 0.416 e. The first-order valence-corrected chi connectivity index (χ1v) is 12.4. The molecule has 4 rings (SSSR count). The average molecular weight is 606 g/mol. The van der Waals surface area contributed by atoms with Crippen LogP contribution in [0.2, 0.25) is 5.02 Å². The Bertz CT molecular complexity index is 1550. The number of benzene rings is 4. The molecule has 0 saturated heterocycles. The van der Waals surface area contributed by atoms with Crippen molar-refractivity contribution >= 4 is 46.3 Å². The molecular weight excluding hydrogens is 582 g/mol. The van der Waals surface area contributed by atoms with Crippen LogP contribution in [0.1, 0.15) is 37.4 Å². The van der Waals surface area contributed by atoms with Gasteiger partial charge in [-0.25, -0.2) is 9.59 Å². The van der Waals surface area contributed by atoms with E-state index in [1.165, 1.54) is 30.3 Å². The van der Waals surface area contributed by atoms with Gasteiger partial charge in [0.1, 0.15) is 13.1 Å². The highest BCUT2D eigenvalue weighted by atomic mass is 35.5. The molecule has 0 atom stereocenters. The van der Waals surface area contributed by atoms with E-state index in [1.807, 2.05) is 17.4 Å². The van der Waals surface area contributed by atoms with E-state index in [0.717, 1.165) is 23.8 Å². The van der Waals surface area contributed by atoms with E-state index < -0.39 is 23.7 Å². The Balaban J connectivity index is 0.00000462. The molecule has 6 N–H and O–H groups in total. The molecule has 12 heteroatoms. The highest BCUT2D eigenvalue weighted by Crippen LogP contribution is 2.37. The molecule has 0 amide bonds. The van der Waals surface area contributed by atoms with Crippen LogP contribution in [0.4, 0.5) is 35.9 Å². The molecule has 0 bridgehead atoms. The lowest BCUT2D eigenvalue weighted by molar-refractivity contribution is -0.686. The van der Waals surface area contributed by atoms with E-state index in [2.05, 4.69) is 10.6 Å². The first-order valence-electron chi connectivity index (χ1n) is 12.0. The van der Waals surface area contributed by atoms with Crippen LogP contribution in [0.25, 0.3) is 0 Å². The van der Waals surface area contributed by atoms with Gasteiger partial charge in [0.25, 0.3) is 0 Å². The first kappa shape index (κ1) is 31.3. The van der Waals surface area contributed by atoms with Crippen molar-refractivity contribution in [1.29, 1.82) is 0 Å². The Labute approximate surface area is 244 Å². The fourth-order valence-electron chi connectivity index (χ4n) is 4.03. The number of nitrogens with two attached hydrogens (primary N) is 1. The number of carbonyl (C=O) groups is 2. The highest BCUT2D eigenvalue weighted by Gasteiger charge is 2.31. The number of anilines is 4. The van der Waals surface area contributed by atoms with Crippen LogP contribution in [-0.2, 0) is 19.3 Å². The molecule has 0 aromatic heterocycles. The van der Waals surface area contributed by atoms with Gasteiger partial charge >= 0.3 is 18.1 Å². The number of nitrogens with one attached hydrogen (secondary N) is 2. The maximum Gasteiger partial charge on any atom is 0.416 e. The lowest BCUT2D eigenvalue weighted by Crippen LogP contribution is -3.00. The summed E-state index contributed by atoms with van der Waals surface area (Å²) in [7, 11) is 0. The van der Waals surface area contributed by atoms with Gasteiger partial charge in [-0.15, -0.1) is 0 Å². The molecule has 214 valence electrons. The van der Waals surface area contributed by atoms with Gasteiger partial charge in [-0.1, -0.05) is 41.9 Å². The summed E-state index contributed by atoms with van der Waals surface area (Å²) in [4.78, 5) is 23.7. The molecule has 0 aliphatic heterocycles. The molecule has 41 heavy (non-hydrogen) atoms. The van der Waals surface area contributed by atoms with Crippen LogP contribution in [-0.4, -0.2) is 22.2 Å². The molecule has 4 aromatic carbocycles.